The zero-order chi connectivity index (χ0) is 44.9. The largest absolute Gasteiger partial charge is 0.481 e. The van der Waals surface area contributed by atoms with Crippen LogP contribution in [-0.4, -0.2) is 130 Å². The number of aliphatic hydroxyl groups excluding tert-OH is 8. The van der Waals surface area contributed by atoms with Crippen molar-refractivity contribution in [2.24, 2.45) is 29.4 Å². The van der Waals surface area contributed by atoms with E-state index in [9.17, 15) is 40.2 Å². The molecule has 2 saturated carbocycles. The second-order valence-electron chi connectivity index (χ2n) is 16.7. The number of carboxylic acid groups (broad SMARTS) is 2. The van der Waals surface area contributed by atoms with Gasteiger partial charge in [-0.15, -0.1) is 0 Å². The highest BCUT2D eigenvalue weighted by atomic mass is 16.4. The van der Waals surface area contributed by atoms with E-state index in [1.165, 1.54) is 0 Å². The SMILES string of the molecule is CCCCC[C@H](O)/C=C/[C@@H]1[C@@H](C/C=C\CCCC(=O)O)[C@@H](O)C[C@H]1O.CCCCC[C@](C)(O)/C=C/[C@@H]1[C@@H](C/C=C\CCCC(=O)O)[C@@H](O)C[C@H]1O.NC(CO)(CO)CO. The van der Waals surface area contributed by atoms with E-state index in [0.717, 1.165) is 44.9 Å². The summed E-state index contributed by atoms with van der Waals surface area (Å²) in [6, 6.07) is 0. The van der Waals surface area contributed by atoms with Crippen LogP contribution in [0.5, 0.6) is 0 Å². The third-order valence-electron chi connectivity index (χ3n) is 11.1. The Hall–Kier alpha value is -2.50. The standard InChI is InChI=1S/C21H36O5.C20H34O5.C4H11NO3/c1-3-4-9-13-21(2,26)14-12-17-16(18(22)15-19(17)23)10-7-5-6-8-11-20(24)25;1-2-3-6-9-15(21)12-13-17-16(18(22)14-19(17)23)10-7-4-5-8-11-20(24)25;5-4(1-6,2-7)3-8/h5,7,12,14,16-19,22-23,26H,3-4,6,8-11,13,15H2,1-2H3,(H,24,25);4,7,12-13,15-19,21-23H,2-3,5-6,8-11,14H2,1H3,(H,24,25);6-8H,1-3,5H2/b7-5-,14-12+;7-4-,13-12+;/t16-,17-,18+,19-,21+;15-,16+,17+,18-,19+;/m10./s1. The van der Waals surface area contributed by atoms with E-state index in [-0.39, 0.29) is 36.5 Å². The van der Waals surface area contributed by atoms with E-state index in [2.05, 4.69) is 13.8 Å². The van der Waals surface area contributed by atoms with E-state index in [4.69, 9.17) is 31.3 Å². The lowest BCUT2D eigenvalue weighted by Gasteiger charge is -2.23. The lowest BCUT2D eigenvalue weighted by atomic mass is 9.88. The van der Waals surface area contributed by atoms with E-state index >= 15 is 0 Å². The maximum absolute atomic E-state index is 10.5. The summed E-state index contributed by atoms with van der Waals surface area (Å²) in [6.45, 7) is 4.83. The van der Waals surface area contributed by atoms with Gasteiger partial charge in [-0.3, -0.25) is 9.59 Å². The third-order valence-corrected chi connectivity index (χ3v) is 11.1. The first-order chi connectivity index (χ1) is 27.9. The summed E-state index contributed by atoms with van der Waals surface area (Å²) in [5.41, 5.74) is 3.05. The lowest BCUT2D eigenvalue weighted by molar-refractivity contribution is -0.138. The molecule has 0 amide bonds. The van der Waals surface area contributed by atoms with Crippen LogP contribution in [0.25, 0.3) is 0 Å². The zero-order valence-electron chi connectivity index (χ0n) is 36.0. The summed E-state index contributed by atoms with van der Waals surface area (Å²) in [7, 11) is 0. The first-order valence-electron chi connectivity index (χ1n) is 21.8. The average Bonchev–Trinajstić information content (AvgIpc) is 3.62. The maximum atomic E-state index is 10.5. The Kier molecular flexibility index (Phi) is 30.9. The fourth-order valence-electron chi connectivity index (χ4n) is 7.14. The van der Waals surface area contributed by atoms with E-state index in [1.54, 1.807) is 19.1 Å². The summed E-state index contributed by atoms with van der Waals surface area (Å²) < 4.78 is 0. The van der Waals surface area contributed by atoms with Crippen LogP contribution in [0.15, 0.2) is 48.6 Å². The topological polar surface area (TPSA) is 283 Å². The Morgan fingerprint density at radius 2 is 1.12 bits per heavy atom. The molecule has 0 unspecified atom stereocenters. The predicted octanol–water partition coefficient (Wildman–Crippen LogP) is 4.14. The molecule has 0 saturated heterocycles. The molecule has 14 heteroatoms. The Bertz CT molecular complexity index is 1210. The quantitative estimate of drug-likeness (QED) is 0.0409. The third kappa shape index (κ3) is 25.8. The fraction of sp³-hybridized carbons (Fsp3) is 0.778. The summed E-state index contributed by atoms with van der Waals surface area (Å²) in [5, 5.41) is 104. The van der Waals surface area contributed by atoms with Crippen molar-refractivity contribution in [1.29, 1.82) is 0 Å². The molecule has 14 nitrogen and oxygen atoms in total. The molecule has 2 fully saturated rings. The lowest BCUT2D eigenvalue weighted by Crippen LogP contribution is -2.50. The summed E-state index contributed by atoms with van der Waals surface area (Å²) in [5.74, 6) is -2.05. The summed E-state index contributed by atoms with van der Waals surface area (Å²) in [6.07, 6.45) is 25.0. The average molecular weight is 844 g/mol. The molecule has 0 heterocycles. The normalized spacial score (nSPS) is 26.3. The van der Waals surface area contributed by atoms with Crippen molar-refractivity contribution in [3.63, 3.8) is 0 Å². The van der Waals surface area contributed by atoms with Crippen molar-refractivity contribution < 1.29 is 65.8 Å². The van der Waals surface area contributed by atoms with Crippen molar-refractivity contribution in [1.82, 2.24) is 0 Å². The van der Waals surface area contributed by atoms with Gasteiger partial charge in [0.05, 0.1) is 61.5 Å². The monoisotopic (exact) mass is 844 g/mol. The molecule has 10 atom stereocenters. The first-order valence-corrected chi connectivity index (χ1v) is 21.8. The van der Waals surface area contributed by atoms with Gasteiger partial charge < -0.3 is 61.9 Å². The van der Waals surface area contributed by atoms with E-state index in [0.29, 0.717) is 57.8 Å². The second-order valence-corrected chi connectivity index (χ2v) is 16.7. The molecule has 0 aromatic rings. The van der Waals surface area contributed by atoms with E-state index in [1.807, 2.05) is 36.5 Å². The highest BCUT2D eigenvalue weighted by molar-refractivity contribution is 5.66. The van der Waals surface area contributed by atoms with Crippen molar-refractivity contribution in [2.75, 3.05) is 19.8 Å². The van der Waals surface area contributed by atoms with Gasteiger partial charge in [0.2, 0.25) is 0 Å². The molecule has 0 radical (unpaired) electrons. The fourth-order valence-corrected chi connectivity index (χ4v) is 7.14. The van der Waals surface area contributed by atoms with Crippen LogP contribution >= 0.6 is 0 Å². The van der Waals surface area contributed by atoms with Gasteiger partial charge in [0.15, 0.2) is 0 Å². The number of rotatable bonds is 27. The van der Waals surface area contributed by atoms with Crippen LogP contribution in [0.3, 0.4) is 0 Å². The minimum Gasteiger partial charge on any atom is -0.481 e. The Morgan fingerprint density at radius 3 is 1.53 bits per heavy atom. The number of hydrogen-bond donors (Lipinski definition) is 12. The van der Waals surface area contributed by atoms with Crippen molar-refractivity contribution in [3.8, 4) is 0 Å². The Morgan fingerprint density at radius 1 is 0.678 bits per heavy atom. The summed E-state index contributed by atoms with van der Waals surface area (Å²) >= 11 is 0. The number of aliphatic hydroxyl groups is 9. The molecule has 344 valence electrons. The van der Waals surface area contributed by atoms with Crippen molar-refractivity contribution >= 4 is 11.9 Å². The molecule has 2 rings (SSSR count). The molecule has 0 aliphatic heterocycles. The van der Waals surface area contributed by atoms with Gasteiger partial charge in [-0.1, -0.05) is 101 Å². The van der Waals surface area contributed by atoms with Gasteiger partial charge in [0, 0.05) is 37.5 Å². The molecular weight excluding hydrogens is 762 g/mol. The van der Waals surface area contributed by atoms with Gasteiger partial charge >= 0.3 is 11.9 Å². The number of unbranched alkanes of at least 4 members (excludes halogenated alkanes) is 6. The van der Waals surface area contributed by atoms with Crippen LogP contribution in [0, 0.1) is 23.7 Å². The molecule has 2 aliphatic carbocycles. The molecule has 2 aliphatic rings. The van der Waals surface area contributed by atoms with Crippen LogP contribution in [0.2, 0.25) is 0 Å². The van der Waals surface area contributed by atoms with Gasteiger partial charge in [0.1, 0.15) is 0 Å². The van der Waals surface area contributed by atoms with Crippen LogP contribution in [0.4, 0.5) is 0 Å². The first kappa shape index (κ1) is 56.5. The molecule has 13 N–H and O–H groups in total. The van der Waals surface area contributed by atoms with Gasteiger partial charge in [0.25, 0.3) is 0 Å². The second kappa shape index (κ2) is 32.2. The number of aliphatic carboxylic acids is 2. The van der Waals surface area contributed by atoms with Gasteiger partial charge in [-0.25, -0.2) is 0 Å². The van der Waals surface area contributed by atoms with Crippen molar-refractivity contribution in [3.05, 3.63) is 48.6 Å². The number of allylic oxidation sites excluding steroid dienone is 4. The highest BCUT2D eigenvalue weighted by Crippen LogP contribution is 2.38. The molecule has 0 bridgehead atoms. The van der Waals surface area contributed by atoms with Crippen LogP contribution in [0.1, 0.15) is 136 Å². The van der Waals surface area contributed by atoms with Gasteiger partial charge in [-0.05, 0) is 70.1 Å². The Labute approximate surface area is 352 Å². The Balaban J connectivity index is 0.000000963. The molecule has 0 aromatic carbocycles. The zero-order valence-corrected chi connectivity index (χ0v) is 36.0. The van der Waals surface area contributed by atoms with Crippen LogP contribution < -0.4 is 5.73 Å². The van der Waals surface area contributed by atoms with Crippen LogP contribution in [-0.2, 0) is 9.59 Å². The minimum absolute atomic E-state index is 0.0650. The minimum atomic E-state index is -1.21. The molecular formula is C45H81NO13. The van der Waals surface area contributed by atoms with Crippen molar-refractivity contribution in [2.45, 2.75) is 178 Å². The number of nitrogens with two attached hydrogens (primary N) is 1. The maximum Gasteiger partial charge on any atom is 0.303 e. The number of hydrogen-bond acceptors (Lipinski definition) is 12. The highest BCUT2D eigenvalue weighted by Gasteiger charge is 2.40. The smallest absolute Gasteiger partial charge is 0.303 e. The summed E-state index contributed by atoms with van der Waals surface area (Å²) in [4.78, 5) is 20.9. The molecule has 0 aromatic heterocycles. The molecule has 0 spiro atoms. The van der Waals surface area contributed by atoms with Gasteiger partial charge in [-0.2, -0.15) is 0 Å². The number of carbonyl (C=O) groups is 2. The predicted molar refractivity (Wildman–Crippen MR) is 229 cm³/mol. The molecule has 59 heavy (non-hydrogen) atoms. The van der Waals surface area contributed by atoms with E-state index < -0.39 is 73.4 Å². The number of carboxylic acids is 2.